The van der Waals surface area contributed by atoms with Gasteiger partial charge in [0, 0.05) is 11.3 Å². The number of carbonyl (C=O) groups is 1. The van der Waals surface area contributed by atoms with E-state index in [1.54, 1.807) is 11.3 Å². The molecule has 4 heteroatoms. The zero-order valence-electron chi connectivity index (χ0n) is 10.7. The van der Waals surface area contributed by atoms with E-state index in [0.29, 0.717) is 12.3 Å². The van der Waals surface area contributed by atoms with Crippen LogP contribution < -0.4 is 5.32 Å². The lowest BCUT2D eigenvalue weighted by atomic mass is 9.93. The zero-order chi connectivity index (χ0) is 12.4. The Morgan fingerprint density at radius 2 is 2.35 bits per heavy atom. The van der Waals surface area contributed by atoms with E-state index in [2.05, 4.69) is 17.2 Å². The summed E-state index contributed by atoms with van der Waals surface area (Å²) in [6.07, 6.45) is 3.97. The van der Waals surface area contributed by atoms with Crippen LogP contribution in [0.3, 0.4) is 0 Å². The minimum absolute atomic E-state index is 0.0825. The van der Waals surface area contributed by atoms with Crippen molar-refractivity contribution >= 4 is 22.4 Å². The Morgan fingerprint density at radius 1 is 1.59 bits per heavy atom. The summed E-state index contributed by atoms with van der Waals surface area (Å²) in [4.78, 5) is 17.5. The smallest absolute Gasteiger partial charge is 0.226 e. The number of hydrogen-bond acceptors (Lipinski definition) is 3. The Morgan fingerprint density at radius 3 is 3.06 bits per heavy atom. The highest BCUT2D eigenvalue weighted by Gasteiger charge is 2.20. The number of fused-ring (bicyclic) bond motifs is 1. The number of nitrogens with zero attached hydrogens (tertiary/aromatic N) is 1. The molecule has 3 nitrogen and oxygen atoms in total. The van der Waals surface area contributed by atoms with Gasteiger partial charge >= 0.3 is 0 Å². The van der Waals surface area contributed by atoms with Gasteiger partial charge in [-0.15, -0.1) is 11.3 Å². The van der Waals surface area contributed by atoms with Gasteiger partial charge in [0.2, 0.25) is 5.91 Å². The first-order valence-corrected chi connectivity index (χ1v) is 7.14. The van der Waals surface area contributed by atoms with Gasteiger partial charge in [0.1, 0.15) is 0 Å². The van der Waals surface area contributed by atoms with Crippen molar-refractivity contribution in [2.45, 2.75) is 46.5 Å². The molecule has 0 unspecified atom stereocenters. The van der Waals surface area contributed by atoms with Crippen molar-refractivity contribution in [1.29, 1.82) is 0 Å². The van der Waals surface area contributed by atoms with Crippen molar-refractivity contribution < 1.29 is 4.79 Å². The number of thiazole rings is 1. The molecular formula is C13H20N2OS. The standard InChI is InChI=1S/C13H20N2OS/c1-8(2)6-12(16)15-13-14-10-5-4-9(3)7-11(10)17-13/h8-9H,4-7H2,1-3H3,(H,14,15,16)/t9-/m1/s1. The molecule has 0 radical (unpaired) electrons. The van der Waals surface area contributed by atoms with Gasteiger partial charge in [-0.2, -0.15) is 0 Å². The maximum Gasteiger partial charge on any atom is 0.226 e. The van der Waals surface area contributed by atoms with Crippen LogP contribution >= 0.6 is 11.3 Å². The molecule has 17 heavy (non-hydrogen) atoms. The maximum atomic E-state index is 11.7. The minimum atomic E-state index is 0.0825. The van der Waals surface area contributed by atoms with E-state index in [1.165, 1.54) is 17.0 Å². The summed E-state index contributed by atoms with van der Waals surface area (Å²) in [6, 6.07) is 0. The number of hydrogen-bond donors (Lipinski definition) is 1. The van der Waals surface area contributed by atoms with Crippen molar-refractivity contribution in [2.75, 3.05) is 5.32 Å². The molecular weight excluding hydrogens is 232 g/mol. The van der Waals surface area contributed by atoms with Crippen molar-refractivity contribution in [3.8, 4) is 0 Å². The molecule has 1 aliphatic rings. The summed E-state index contributed by atoms with van der Waals surface area (Å²) in [7, 11) is 0. The molecule has 1 aliphatic carbocycles. The number of aromatic nitrogens is 1. The van der Waals surface area contributed by atoms with Gasteiger partial charge in [0.15, 0.2) is 5.13 Å². The van der Waals surface area contributed by atoms with Gasteiger partial charge in [-0.05, 0) is 31.1 Å². The molecule has 0 spiro atoms. The summed E-state index contributed by atoms with van der Waals surface area (Å²) in [6.45, 7) is 6.38. The fourth-order valence-corrected chi connectivity index (χ4v) is 3.32. The second kappa shape index (κ2) is 5.17. The van der Waals surface area contributed by atoms with E-state index in [9.17, 15) is 4.79 Å². The Hall–Kier alpha value is -0.900. The van der Waals surface area contributed by atoms with Crippen LogP contribution in [0, 0.1) is 11.8 Å². The average Bonchev–Trinajstić information content (AvgIpc) is 2.57. The topological polar surface area (TPSA) is 42.0 Å². The van der Waals surface area contributed by atoms with Crippen LogP contribution in [0.5, 0.6) is 0 Å². The fourth-order valence-electron chi connectivity index (χ4n) is 2.13. The molecule has 1 amide bonds. The molecule has 94 valence electrons. The van der Waals surface area contributed by atoms with Gasteiger partial charge in [-0.3, -0.25) is 4.79 Å². The number of carbonyl (C=O) groups excluding carboxylic acids is 1. The molecule has 0 saturated heterocycles. The summed E-state index contributed by atoms with van der Waals surface area (Å²) in [5, 5.41) is 3.70. The quantitative estimate of drug-likeness (QED) is 0.897. The Labute approximate surface area is 107 Å². The lowest BCUT2D eigenvalue weighted by Gasteiger charge is -2.15. The molecule has 0 fully saturated rings. The predicted octanol–water partition coefficient (Wildman–Crippen LogP) is 3.25. The van der Waals surface area contributed by atoms with E-state index in [0.717, 1.165) is 23.9 Å². The van der Waals surface area contributed by atoms with Crippen molar-refractivity contribution in [3.63, 3.8) is 0 Å². The van der Waals surface area contributed by atoms with Crippen LogP contribution in [0.25, 0.3) is 0 Å². The number of aryl methyl sites for hydroxylation is 1. The zero-order valence-corrected chi connectivity index (χ0v) is 11.6. The van der Waals surface area contributed by atoms with E-state index in [1.807, 2.05) is 13.8 Å². The normalized spacial score (nSPS) is 19.2. The maximum absolute atomic E-state index is 11.7. The second-order valence-electron chi connectivity index (χ2n) is 5.38. The number of anilines is 1. The van der Waals surface area contributed by atoms with E-state index < -0.39 is 0 Å². The van der Waals surface area contributed by atoms with Crippen LogP contribution in [0.2, 0.25) is 0 Å². The molecule has 1 atom stereocenters. The van der Waals surface area contributed by atoms with Crippen molar-refractivity contribution in [3.05, 3.63) is 10.6 Å². The highest BCUT2D eigenvalue weighted by molar-refractivity contribution is 7.15. The Bertz CT molecular complexity index is 412. The fraction of sp³-hybridized carbons (Fsp3) is 0.692. The Kier molecular flexibility index (Phi) is 3.82. The third-order valence-corrected chi connectivity index (χ3v) is 4.06. The highest BCUT2D eigenvalue weighted by atomic mass is 32.1. The summed E-state index contributed by atoms with van der Waals surface area (Å²) >= 11 is 1.65. The van der Waals surface area contributed by atoms with Crippen LogP contribution in [-0.4, -0.2) is 10.9 Å². The third kappa shape index (κ3) is 3.28. The second-order valence-corrected chi connectivity index (χ2v) is 6.47. The molecule has 2 rings (SSSR count). The van der Waals surface area contributed by atoms with Gasteiger partial charge in [-0.25, -0.2) is 4.98 Å². The molecule has 1 aromatic heterocycles. The number of amides is 1. The van der Waals surface area contributed by atoms with Crippen molar-refractivity contribution in [2.24, 2.45) is 11.8 Å². The van der Waals surface area contributed by atoms with Gasteiger partial charge in [0.05, 0.1) is 5.69 Å². The van der Waals surface area contributed by atoms with Crippen LogP contribution in [-0.2, 0) is 17.6 Å². The van der Waals surface area contributed by atoms with Gasteiger partial charge in [0.25, 0.3) is 0 Å². The van der Waals surface area contributed by atoms with E-state index >= 15 is 0 Å². The van der Waals surface area contributed by atoms with Crippen LogP contribution in [0.1, 0.15) is 44.2 Å². The number of rotatable bonds is 3. The molecule has 0 aliphatic heterocycles. The Balaban J connectivity index is 2.01. The van der Waals surface area contributed by atoms with E-state index in [-0.39, 0.29) is 5.91 Å². The largest absolute Gasteiger partial charge is 0.302 e. The molecule has 0 saturated carbocycles. The van der Waals surface area contributed by atoms with Gasteiger partial charge in [-0.1, -0.05) is 20.8 Å². The van der Waals surface area contributed by atoms with E-state index in [4.69, 9.17) is 0 Å². The monoisotopic (exact) mass is 252 g/mol. The first kappa shape index (κ1) is 12.6. The SMILES string of the molecule is CC(C)CC(=O)Nc1nc2c(s1)C[C@H](C)CC2. The lowest BCUT2D eigenvalue weighted by Crippen LogP contribution is -2.13. The number of nitrogens with one attached hydrogen (secondary N) is 1. The molecule has 1 N–H and O–H groups in total. The van der Waals surface area contributed by atoms with Crippen LogP contribution in [0.15, 0.2) is 0 Å². The summed E-state index contributed by atoms with van der Waals surface area (Å²) in [5.74, 6) is 1.23. The minimum Gasteiger partial charge on any atom is -0.302 e. The first-order valence-electron chi connectivity index (χ1n) is 6.33. The summed E-state index contributed by atoms with van der Waals surface area (Å²) in [5.41, 5.74) is 1.20. The average molecular weight is 252 g/mol. The molecule has 1 aromatic rings. The highest BCUT2D eigenvalue weighted by Crippen LogP contribution is 2.32. The van der Waals surface area contributed by atoms with Crippen molar-refractivity contribution in [1.82, 2.24) is 4.98 Å². The molecule has 0 aromatic carbocycles. The molecule has 0 bridgehead atoms. The third-order valence-electron chi connectivity index (χ3n) is 3.03. The molecule has 1 heterocycles. The predicted molar refractivity (Wildman–Crippen MR) is 71.4 cm³/mol. The van der Waals surface area contributed by atoms with Crippen LogP contribution in [0.4, 0.5) is 5.13 Å². The first-order chi connectivity index (χ1) is 8.04. The lowest BCUT2D eigenvalue weighted by molar-refractivity contribution is -0.116. The van der Waals surface area contributed by atoms with Gasteiger partial charge < -0.3 is 5.32 Å². The summed E-state index contributed by atoms with van der Waals surface area (Å²) < 4.78 is 0.